The van der Waals surface area contributed by atoms with Crippen LogP contribution in [0, 0.1) is 12.8 Å². The van der Waals surface area contributed by atoms with E-state index in [0.29, 0.717) is 10.6 Å². The molecule has 3 aromatic rings. The molecular weight excluding hydrogens is 322 g/mol. The van der Waals surface area contributed by atoms with Crippen LogP contribution in [0.1, 0.15) is 41.5 Å². The minimum atomic E-state index is -0.146. The Morgan fingerprint density at radius 2 is 1.96 bits per heavy atom. The number of nitrogens with one attached hydrogen (secondary N) is 2. The number of halogens is 1. The van der Waals surface area contributed by atoms with E-state index in [4.69, 9.17) is 11.6 Å². The molecule has 4 nitrogen and oxygen atoms in total. The van der Waals surface area contributed by atoms with Crippen LogP contribution in [0.5, 0.6) is 0 Å². The van der Waals surface area contributed by atoms with Crippen molar-refractivity contribution in [2.24, 2.45) is 5.92 Å². The zero-order valence-electron chi connectivity index (χ0n) is 13.9. The molecule has 24 heavy (non-hydrogen) atoms. The Bertz CT molecular complexity index is 885. The largest absolute Gasteiger partial charge is 0.345 e. The van der Waals surface area contributed by atoms with E-state index in [-0.39, 0.29) is 17.9 Å². The van der Waals surface area contributed by atoms with Crippen molar-refractivity contribution >= 4 is 28.4 Å². The van der Waals surface area contributed by atoms with Crippen LogP contribution in [0.2, 0.25) is 5.02 Å². The summed E-state index contributed by atoms with van der Waals surface area (Å²) in [7, 11) is 0. The summed E-state index contributed by atoms with van der Waals surface area (Å²) in [5.41, 5.74) is 3.36. The van der Waals surface area contributed by atoms with Crippen molar-refractivity contribution in [2.75, 3.05) is 0 Å². The van der Waals surface area contributed by atoms with Crippen molar-refractivity contribution in [3.8, 4) is 0 Å². The third-order valence-electron chi connectivity index (χ3n) is 4.20. The highest BCUT2D eigenvalue weighted by Gasteiger charge is 2.21. The third-order valence-corrected chi connectivity index (χ3v) is 4.54. The summed E-state index contributed by atoms with van der Waals surface area (Å²) in [6.45, 7) is 6.08. The first-order chi connectivity index (χ1) is 11.5. The molecule has 0 aliphatic heterocycles. The first kappa shape index (κ1) is 16.5. The van der Waals surface area contributed by atoms with Gasteiger partial charge < -0.3 is 5.32 Å². The summed E-state index contributed by atoms with van der Waals surface area (Å²) >= 11 is 6.31. The van der Waals surface area contributed by atoms with Gasteiger partial charge >= 0.3 is 0 Å². The molecule has 1 atom stereocenters. The Labute approximate surface area is 146 Å². The van der Waals surface area contributed by atoms with E-state index < -0.39 is 0 Å². The van der Waals surface area contributed by atoms with Gasteiger partial charge in [0.2, 0.25) is 0 Å². The fourth-order valence-electron chi connectivity index (χ4n) is 2.83. The van der Waals surface area contributed by atoms with Crippen molar-refractivity contribution in [3.63, 3.8) is 0 Å². The van der Waals surface area contributed by atoms with Crippen LogP contribution in [0.25, 0.3) is 10.9 Å². The molecule has 0 fully saturated rings. The molecule has 5 heteroatoms. The van der Waals surface area contributed by atoms with Crippen LogP contribution < -0.4 is 5.32 Å². The van der Waals surface area contributed by atoms with Crippen LogP contribution in [0.3, 0.4) is 0 Å². The second kappa shape index (κ2) is 6.65. The summed E-state index contributed by atoms with van der Waals surface area (Å²) < 4.78 is 0. The Hall–Kier alpha value is -2.33. The number of H-pyrrole nitrogens is 1. The molecule has 0 bridgehead atoms. The van der Waals surface area contributed by atoms with E-state index in [1.165, 1.54) is 0 Å². The first-order valence-corrected chi connectivity index (χ1v) is 8.35. The number of hydrogen-bond acceptors (Lipinski definition) is 2. The lowest BCUT2D eigenvalue weighted by Gasteiger charge is -2.24. The molecule has 1 amide bonds. The van der Waals surface area contributed by atoms with Gasteiger partial charge in [0.25, 0.3) is 5.91 Å². The normalized spacial score (nSPS) is 12.5. The van der Waals surface area contributed by atoms with Crippen molar-refractivity contribution in [3.05, 3.63) is 64.3 Å². The standard InChI is InChI=1S/C19H20ClN3O/c1-11(2)18(14-6-4-5-7-16(14)20)21-19(24)13-8-9-17-15(10-13)12(3)22-23-17/h4-11,18H,1-3H3,(H,21,24)(H,22,23)/t18-/m1/s1. The molecule has 0 aliphatic rings. The van der Waals surface area contributed by atoms with Crippen molar-refractivity contribution in [1.82, 2.24) is 15.5 Å². The fourth-order valence-corrected chi connectivity index (χ4v) is 3.09. The van der Waals surface area contributed by atoms with Gasteiger partial charge in [0, 0.05) is 21.7 Å². The molecule has 0 spiro atoms. The molecule has 124 valence electrons. The van der Waals surface area contributed by atoms with Crippen LogP contribution >= 0.6 is 11.6 Å². The number of aryl methyl sites for hydroxylation is 1. The van der Waals surface area contributed by atoms with Gasteiger partial charge in [0.15, 0.2) is 0 Å². The van der Waals surface area contributed by atoms with E-state index in [1.54, 1.807) is 6.07 Å². The summed E-state index contributed by atoms with van der Waals surface area (Å²) in [5.74, 6) is 0.101. The number of hydrogen-bond donors (Lipinski definition) is 2. The molecule has 1 aromatic heterocycles. The maximum atomic E-state index is 12.7. The van der Waals surface area contributed by atoms with Gasteiger partial charge in [-0.05, 0) is 42.7 Å². The summed E-state index contributed by atoms with van der Waals surface area (Å²) in [6, 6.07) is 13.0. The molecule has 3 rings (SSSR count). The van der Waals surface area contributed by atoms with Gasteiger partial charge in [0.05, 0.1) is 11.6 Å². The van der Waals surface area contributed by atoms with E-state index in [0.717, 1.165) is 22.2 Å². The van der Waals surface area contributed by atoms with Crippen LogP contribution in [0.15, 0.2) is 42.5 Å². The molecule has 2 aromatic carbocycles. The molecule has 2 N–H and O–H groups in total. The highest BCUT2D eigenvalue weighted by molar-refractivity contribution is 6.31. The molecule has 0 saturated carbocycles. The summed E-state index contributed by atoms with van der Waals surface area (Å²) in [5, 5.41) is 11.9. The number of carbonyl (C=O) groups excluding carboxylic acids is 1. The second-order valence-electron chi connectivity index (χ2n) is 6.30. The summed E-state index contributed by atoms with van der Waals surface area (Å²) in [4.78, 5) is 12.7. The molecule has 0 aliphatic carbocycles. The third kappa shape index (κ3) is 3.15. The molecule has 0 unspecified atom stereocenters. The Balaban J connectivity index is 1.90. The Morgan fingerprint density at radius 1 is 1.21 bits per heavy atom. The van der Waals surface area contributed by atoms with E-state index in [2.05, 4.69) is 29.4 Å². The average Bonchev–Trinajstić information content (AvgIpc) is 2.94. The highest BCUT2D eigenvalue weighted by Crippen LogP contribution is 2.28. The Kier molecular flexibility index (Phi) is 4.58. The number of carbonyl (C=O) groups is 1. The van der Waals surface area contributed by atoms with Gasteiger partial charge in [0.1, 0.15) is 0 Å². The van der Waals surface area contributed by atoms with Gasteiger partial charge in [-0.25, -0.2) is 0 Å². The first-order valence-electron chi connectivity index (χ1n) is 7.97. The maximum absolute atomic E-state index is 12.7. The minimum absolute atomic E-state index is 0.115. The SMILES string of the molecule is Cc1[nH]nc2ccc(C(=O)N[C@@H](c3ccccc3Cl)C(C)C)cc12. The second-order valence-corrected chi connectivity index (χ2v) is 6.70. The number of aromatic nitrogens is 2. The number of amides is 1. The van der Waals surface area contributed by atoms with Crippen molar-refractivity contribution in [2.45, 2.75) is 26.8 Å². The fraction of sp³-hybridized carbons (Fsp3) is 0.263. The van der Waals surface area contributed by atoms with E-state index >= 15 is 0 Å². The van der Waals surface area contributed by atoms with Gasteiger partial charge in [-0.2, -0.15) is 5.10 Å². The lowest BCUT2D eigenvalue weighted by atomic mass is 9.95. The van der Waals surface area contributed by atoms with Crippen molar-refractivity contribution < 1.29 is 4.79 Å². The molecule has 0 radical (unpaired) electrons. The topological polar surface area (TPSA) is 57.8 Å². The van der Waals surface area contributed by atoms with Crippen LogP contribution in [0.4, 0.5) is 0 Å². The zero-order chi connectivity index (χ0) is 17.3. The lowest BCUT2D eigenvalue weighted by Crippen LogP contribution is -2.31. The smallest absolute Gasteiger partial charge is 0.251 e. The average molecular weight is 342 g/mol. The summed E-state index contributed by atoms with van der Waals surface area (Å²) in [6.07, 6.45) is 0. The maximum Gasteiger partial charge on any atom is 0.251 e. The van der Waals surface area contributed by atoms with E-state index in [1.807, 2.05) is 43.3 Å². The van der Waals surface area contributed by atoms with Crippen LogP contribution in [-0.2, 0) is 0 Å². The molecule has 0 saturated heterocycles. The number of aromatic amines is 1. The lowest BCUT2D eigenvalue weighted by molar-refractivity contribution is 0.0926. The quantitative estimate of drug-likeness (QED) is 0.725. The van der Waals surface area contributed by atoms with E-state index in [9.17, 15) is 4.79 Å². The van der Waals surface area contributed by atoms with Gasteiger partial charge in [-0.3, -0.25) is 9.89 Å². The minimum Gasteiger partial charge on any atom is -0.345 e. The Morgan fingerprint density at radius 3 is 2.67 bits per heavy atom. The number of nitrogens with zero attached hydrogens (tertiary/aromatic N) is 1. The predicted octanol–water partition coefficient (Wildman–Crippen LogP) is 4.65. The number of rotatable bonds is 4. The zero-order valence-corrected chi connectivity index (χ0v) is 14.7. The van der Waals surface area contributed by atoms with Crippen LogP contribution in [-0.4, -0.2) is 16.1 Å². The van der Waals surface area contributed by atoms with Crippen molar-refractivity contribution in [1.29, 1.82) is 0 Å². The molecule has 1 heterocycles. The predicted molar refractivity (Wildman–Crippen MR) is 97.3 cm³/mol. The highest BCUT2D eigenvalue weighted by atomic mass is 35.5. The number of benzene rings is 2. The van der Waals surface area contributed by atoms with Gasteiger partial charge in [-0.1, -0.05) is 43.6 Å². The number of fused-ring (bicyclic) bond motifs is 1. The molecular formula is C19H20ClN3O. The monoisotopic (exact) mass is 341 g/mol. The van der Waals surface area contributed by atoms with Gasteiger partial charge in [-0.15, -0.1) is 0 Å².